The molecule has 3 atom stereocenters. The molecule has 1 aliphatic rings. The van der Waals surface area contributed by atoms with Crippen LogP contribution < -0.4 is 5.32 Å². The molecule has 1 fully saturated rings. The second-order valence-electron chi connectivity index (χ2n) is 4.74. The first kappa shape index (κ1) is 11.0. The van der Waals surface area contributed by atoms with Gasteiger partial charge in [-0.15, -0.1) is 0 Å². The Hall–Kier alpha value is -0.120. The minimum absolute atomic E-state index is 0.00713. The van der Waals surface area contributed by atoms with Gasteiger partial charge in [0.2, 0.25) is 0 Å². The van der Waals surface area contributed by atoms with Gasteiger partial charge in [-0.25, -0.2) is 0 Å². The summed E-state index contributed by atoms with van der Waals surface area (Å²) in [5.41, 5.74) is -0.00713. The van der Waals surface area contributed by atoms with Crippen LogP contribution in [0.3, 0.4) is 0 Å². The fraction of sp³-hybridized carbons (Fsp3) is 1.00. The summed E-state index contributed by atoms with van der Waals surface area (Å²) in [6, 6.07) is 0.424. The van der Waals surface area contributed by atoms with Crippen LogP contribution in [-0.4, -0.2) is 34.0 Å². The third kappa shape index (κ3) is 2.93. The van der Waals surface area contributed by atoms with E-state index in [9.17, 15) is 10.2 Å². The van der Waals surface area contributed by atoms with Crippen LogP contribution >= 0.6 is 0 Å². The Morgan fingerprint density at radius 1 is 1.31 bits per heavy atom. The van der Waals surface area contributed by atoms with Crippen LogP contribution in [0.4, 0.5) is 0 Å². The van der Waals surface area contributed by atoms with Crippen molar-refractivity contribution < 1.29 is 10.2 Å². The monoisotopic (exact) mass is 187 g/mol. The van der Waals surface area contributed by atoms with Crippen LogP contribution in [0.5, 0.6) is 0 Å². The standard InChI is InChI=1S/C10H21NO2/c1-7(2)11-10(3)5-4-8(12)9(13)6-10/h7-9,11-13H,4-6H2,1-3H3. The number of hydrogen-bond donors (Lipinski definition) is 3. The lowest BCUT2D eigenvalue weighted by Gasteiger charge is -2.40. The summed E-state index contributed by atoms with van der Waals surface area (Å²) in [5.74, 6) is 0. The summed E-state index contributed by atoms with van der Waals surface area (Å²) in [6.07, 6.45) is 1.18. The molecule has 13 heavy (non-hydrogen) atoms. The summed E-state index contributed by atoms with van der Waals surface area (Å²) >= 11 is 0. The molecule has 3 N–H and O–H groups in total. The molecule has 0 aliphatic heterocycles. The molecule has 3 heteroatoms. The number of aliphatic hydroxyl groups is 2. The van der Waals surface area contributed by atoms with Gasteiger partial charge in [-0.05, 0) is 26.2 Å². The van der Waals surface area contributed by atoms with Crippen molar-refractivity contribution in [3.63, 3.8) is 0 Å². The molecule has 1 rings (SSSR count). The lowest BCUT2D eigenvalue weighted by Crippen LogP contribution is -2.53. The van der Waals surface area contributed by atoms with Gasteiger partial charge in [0, 0.05) is 11.6 Å². The molecule has 0 heterocycles. The van der Waals surface area contributed by atoms with Crippen molar-refractivity contribution in [3.8, 4) is 0 Å². The van der Waals surface area contributed by atoms with Gasteiger partial charge in [-0.2, -0.15) is 0 Å². The van der Waals surface area contributed by atoms with Crippen molar-refractivity contribution in [2.75, 3.05) is 0 Å². The third-order valence-electron chi connectivity index (χ3n) is 2.73. The SMILES string of the molecule is CC(C)NC1(C)CCC(O)C(O)C1. The highest BCUT2D eigenvalue weighted by Crippen LogP contribution is 2.28. The summed E-state index contributed by atoms with van der Waals surface area (Å²) < 4.78 is 0. The van der Waals surface area contributed by atoms with Crippen molar-refractivity contribution in [2.45, 2.75) is 63.8 Å². The molecule has 3 nitrogen and oxygen atoms in total. The Kier molecular flexibility index (Phi) is 3.33. The zero-order chi connectivity index (χ0) is 10.1. The van der Waals surface area contributed by atoms with Crippen molar-refractivity contribution in [1.82, 2.24) is 5.32 Å². The number of nitrogens with one attached hydrogen (secondary N) is 1. The van der Waals surface area contributed by atoms with E-state index in [0.29, 0.717) is 18.9 Å². The smallest absolute Gasteiger partial charge is 0.0816 e. The quantitative estimate of drug-likeness (QED) is 0.595. The zero-order valence-corrected chi connectivity index (χ0v) is 8.75. The van der Waals surface area contributed by atoms with Crippen LogP contribution in [0.15, 0.2) is 0 Å². The van der Waals surface area contributed by atoms with E-state index in [-0.39, 0.29) is 5.54 Å². The number of aliphatic hydroxyl groups excluding tert-OH is 2. The van der Waals surface area contributed by atoms with E-state index in [1.165, 1.54) is 0 Å². The maximum Gasteiger partial charge on any atom is 0.0816 e. The molecular weight excluding hydrogens is 166 g/mol. The number of rotatable bonds is 2. The first-order valence-electron chi connectivity index (χ1n) is 5.07. The maximum atomic E-state index is 9.54. The molecule has 0 aromatic carbocycles. The molecule has 78 valence electrons. The van der Waals surface area contributed by atoms with E-state index in [4.69, 9.17) is 0 Å². The molecule has 0 spiro atoms. The maximum absolute atomic E-state index is 9.54. The molecular formula is C10H21NO2. The lowest BCUT2D eigenvalue weighted by molar-refractivity contribution is -0.0371. The Labute approximate surface area is 80.2 Å². The van der Waals surface area contributed by atoms with Crippen LogP contribution in [0.25, 0.3) is 0 Å². The van der Waals surface area contributed by atoms with E-state index in [1.54, 1.807) is 0 Å². The fourth-order valence-electron chi connectivity index (χ4n) is 2.19. The predicted octanol–water partition coefficient (Wildman–Crippen LogP) is 0.649. The highest BCUT2D eigenvalue weighted by atomic mass is 16.3. The highest BCUT2D eigenvalue weighted by molar-refractivity contribution is 4.94. The summed E-state index contributed by atoms with van der Waals surface area (Å²) in [5, 5.41) is 22.3. The van der Waals surface area contributed by atoms with Crippen molar-refractivity contribution in [1.29, 1.82) is 0 Å². The average molecular weight is 187 g/mol. The van der Waals surface area contributed by atoms with Crippen molar-refractivity contribution in [3.05, 3.63) is 0 Å². The Bertz CT molecular complexity index is 172. The Balaban J connectivity index is 2.51. The second-order valence-corrected chi connectivity index (χ2v) is 4.74. The van der Waals surface area contributed by atoms with E-state index < -0.39 is 12.2 Å². The molecule has 0 saturated heterocycles. The normalized spacial score (nSPS) is 41.1. The second kappa shape index (κ2) is 3.95. The van der Waals surface area contributed by atoms with E-state index in [0.717, 1.165) is 6.42 Å². The molecule has 0 aromatic rings. The highest BCUT2D eigenvalue weighted by Gasteiger charge is 2.36. The first-order chi connectivity index (χ1) is 5.93. The fourth-order valence-corrected chi connectivity index (χ4v) is 2.19. The van der Waals surface area contributed by atoms with E-state index in [2.05, 4.69) is 26.1 Å². The zero-order valence-electron chi connectivity index (χ0n) is 8.75. The van der Waals surface area contributed by atoms with Crippen molar-refractivity contribution >= 4 is 0 Å². The Morgan fingerprint density at radius 3 is 2.38 bits per heavy atom. The molecule has 1 aliphatic carbocycles. The van der Waals surface area contributed by atoms with Gasteiger partial charge in [0.25, 0.3) is 0 Å². The summed E-state index contributed by atoms with van der Waals surface area (Å²) in [6.45, 7) is 6.31. The minimum atomic E-state index is -0.565. The minimum Gasteiger partial charge on any atom is -0.390 e. The lowest BCUT2D eigenvalue weighted by atomic mass is 9.80. The summed E-state index contributed by atoms with van der Waals surface area (Å²) in [7, 11) is 0. The molecule has 3 unspecified atom stereocenters. The Morgan fingerprint density at radius 2 is 1.92 bits per heavy atom. The summed E-state index contributed by atoms with van der Waals surface area (Å²) in [4.78, 5) is 0. The topological polar surface area (TPSA) is 52.5 Å². The van der Waals surface area contributed by atoms with E-state index in [1.807, 2.05) is 0 Å². The van der Waals surface area contributed by atoms with Gasteiger partial charge in [0.1, 0.15) is 0 Å². The molecule has 0 aromatic heterocycles. The third-order valence-corrected chi connectivity index (χ3v) is 2.73. The predicted molar refractivity (Wildman–Crippen MR) is 52.5 cm³/mol. The van der Waals surface area contributed by atoms with Crippen LogP contribution in [0.1, 0.15) is 40.0 Å². The van der Waals surface area contributed by atoms with Crippen LogP contribution in [0, 0.1) is 0 Å². The van der Waals surface area contributed by atoms with Gasteiger partial charge in [0.15, 0.2) is 0 Å². The van der Waals surface area contributed by atoms with Gasteiger partial charge < -0.3 is 15.5 Å². The first-order valence-corrected chi connectivity index (χ1v) is 5.07. The molecule has 0 bridgehead atoms. The van der Waals surface area contributed by atoms with Gasteiger partial charge >= 0.3 is 0 Å². The molecule has 0 radical (unpaired) electrons. The largest absolute Gasteiger partial charge is 0.390 e. The van der Waals surface area contributed by atoms with Gasteiger partial charge in [0.05, 0.1) is 12.2 Å². The van der Waals surface area contributed by atoms with E-state index >= 15 is 0 Å². The molecule has 1 saturated carbocycles. The van der Waals surface area contributed by atoms with Gasteiger partial charge in [-0.1, -0.05) is 13.8 Å². The van der Waals surface area contributed by atoms with Gasteiger partial charge in [-0.3, -0.25) is 0 Å². The van der Waals surface area contributed by atoms with Crippen LogP contribution in [-0.2, 0) is 0 Å². The number of hydrogen-bond acceptors (Lipinski definition) is 3. The average Bonchev–Trinajstić information content (AvgIpc) is 1.96. The molecule has 0 amide bonds. The van der Waals surface area contributed by atoms with Crippen molar-refractivity contribution in [2.24, 2.45) is 0 Å². The van der Waals surface area contributed by atoms with Crippen LogP contribution in [0.2, 0.25) is 0 Å².